The lowest BCUT2D eigenvalue weighted by Crippen LogP contribution is -2.41. The standard InChI is InChI=1S/C20H19F2N5OS/c1-11-5-13(7-23)8-25-17(11)18(28)26-14-3-4-16(22)15(6-14)20(10-21)12(2)9-29-19(24)27-20/h3-6,8,12H,9-10H2,1-2H3,(H2,24,27)(H,26,28)/t12?,20-/m0/s1. The van der Waals surface area contributed by atoms with Gasteiger partial charge in [0.1, 0.15) is 29.8 Å². The second-order valence-electron chi connectivity index (χ2n) is 6.87. The van der Waals surface area contributed by atoms with E-state index >= 15 is 0 Å². The van der Waals surface area contributed by atoms with Crippen molar-refractivity contribution in [1.29, 1.82) is 5.26 Å². The summed E-state index contributed by atoms with van der Waals surface area (Å²) in [5.74, 6) is -0.936. The maximum Gasteiger partial charge on any atom is 0.274 e. The van der Waals surface area contributed by atoms with Crippen LogP contribution in [0.1, 0.15) is 34.1 Å². The normalized spacial score (nSPS) is 21.2. The number of anilines is 1. The number of carbonyl (C=O) groups excluding carboxylic acids is 1. The van der Waals surface area contributed by atoms with E-state index in [0.29, 0.717) is 16.9 Å². The number of rotatable bonds is 4. The average molecular weight is 415 g/mol. The summed E-state index contributed by atoms with van der Waals surface area (Å²) in [5.41, 5.74) is 5.68. The number of aromatic nitrogens is 1. The molecule has 1 unspecified atom stereocenters. The molecular weight excluding hydrogens is 396 g/mol. The van der Waals surface area contributed by atoms with Crippen molar-refractivity contribution in [1.82, 2.24) is 4.98 Å². The molecule has 0 saturated heterocycles. The van der Waals surface area contributed by atoms with Gasteiger partial charge in [0, 0.05) is 23.2 Å². The highest BCUT2D eigenvalue weighted by Crippen LogP contribution is 2.42. The number of nitriles is 1. The van der Waals surface area contributed by atoms with Gasteiger partial charge in [0.15, 0.2) is 5.17 Å². The lowest BCUT2D eigenvalue weighted by Gasteiger charge is -2.37. The van der Waals surface area contributed by atoms with E-state index in [-0.39, 0.29) is 28.0 Å². The maximum absolute atomic E-state index is 14.7. The van der Waals surface area contributed by atoms with Gasteiger partial charge >= 0.3 is 0 Å². The highest BCUT2D eigenvalue weighted by molar-refractivity contribution is 8.13. The Morgan fingerprint density at radius 3 is 2.90 bits per heavy atom. The molecule has 6 nitrogen and oxygen atoms in total. The quantitative estimate of drug-likeness (QED) is 0.795. The molecule has 9 heteroatoms. The summed E-state index contributed by atoms with van der Waals surface area (Å²) in [6.07, 6.45) is 1.30. The first kappa shape index (κ1) is 20.7. The Morgan fingerprint density at radius 2 is 2.24 bits per heavy atom. The Bertz CT molecular complexity index is 1040. The third-order valence-corrected chi connectivity index (χ3v) is 5.98. The number of amidine groups is 1. The zero-order chi connectivity index (χ0) is 21.2. The molecule has 0 radical (unpaired) electrons. The molecule has 2 heterocycles. The number of aryl methyl sites for hydroxylation is 1. The molecule has 0 spiro atoms. The minimum absolute atomic E-state index is 0.0399. The number of nitrogens with zero attached hydrogens (tertiary/aromatic N) is 3. The summed E-state index contributed by atoms with van der Waals surface area (Å²) in [5, 5.41) is 11.8. The van der Waals surface area contributed by atoms with Crippen LogP contribution in [0.5, 0.6) is 0 Å². The van der Waals surface area contributed by atoms with Gasteiger partial charge in [0.25, 0.3) is 5.91 Å². The summed E-state index contributed by atoms with van der Waals surface area (Å²) in [6.45, 7) is 2.53. The molecule has 1 amide bonds. The summed E-state index contributed by atoms with van der Waals surface area (Å²) < 4.78 is 28.8. The van der Waals surface area contributed by atoms with E-state index in [1.807, 2.05) is 6.07 Å². The molecule has 0 aliphatic carbocycles. The molecule has 1 aromatic carbocycles. The first-order chi connectivity index (χ1) is 13.8. The van der Waals surface area contributed by atoms with Crippen LogP contribution in [0.2, 0.25) is 0 Å². The van der Waals surface area contributed by atoms with Crippen molar-refractivity contribution in [2.75, 3.05) is 17.7 Å². The van der Waals surface area contributed by atoms with Gasteiger partial charge in [-0.05, 0) is 42.7 Å². The minimum atomic E-state index is -1.44. The second kappa shape index (κ2) is 8.17. The van der Waals surface area contributed by atoms with Crippen LogP contribution >= 0.6 is 11.8 Å². The number of thioether (sulfide) groups is 1. The topological polar surface area (TPSA) is 104 Å². The molecule has 29 heavy (non-hydrogen) atoms. The van der Waals surface area contributed by atoms with Crippen molar-refractivity contribution >= 4 is 28.5 Å². The van der Waals surface area contributed by atoms with Crippen LogP contribution in [0.4, 0.5) is 14.5 Å². The van der Waals surface area contributed by atoms with Gasteiger partial charge in [-0.1, -0.05) is 18.7 Å². The predicted octanol–water partition coefficient (Wildman–Crippen LogP) is 3.52. The zero-order valence-corrected chi connectivity index (χ0v) is 16.7. The van der Waals surface area contributed by atoms with E-state index in [2.05, 4.69) is 15.3 Å². The Labute approximate surface area is 171 Å². The number of nitrogens with one attached hydrogen (secondary N) is 1. The fourth-order valence-electron chi connectivity index (χ4n) is 3.25. The minimum Gasteiger partial charge on any atom is -0.379 e. The highest BCUT2D eigenvalue weighted by Gasteiger charge is 2.43. The summed E-state index contributed by atoms with van der Waals surface area (Å²) in [6, 6.07) is 7.44. The van der Waals surface area contributed by atoms with Gasteiger partial charge in [-0.25, -0.2) is 18.8 Å². The molecular formula is C20H19F2N5OS. The summed E-state index contributed by atoms with van der Waals surface area (Å²) in [7, 11) is 0. The Kier molecular flexibility index (Phi) is 5.84. The van der Waals surface area contributed by atoms with Crippen LogP contribution in [-0.4, -0.2) is 28.5 Å². The number of nitrogens with two attached hydrogens (primary N) is 1. The van der Waals surface area contributed by atoms with Crippen molar-refractivity contribution in [3.63, 3.8) is 0 Å². The van der Waals surface area contributed by atoms with Crippen LogP contribution in [0, 0.1) is 30.0 Å². The van der Waals surface area contributed by atoms with Crippen LogP contribution in [0.3, 0.4) is 0 Å². The number of benzene rings is 1. The van der Waals surface area contributed by atoms with Crippen LogP contribution in [0.15, 0.2) is 35.5 Å². The molecule has 2 atom stereocenters. The van der Waals surface area contributed by atoms with Crippen LogP contribution < -0.4 is 11.1 Å². The number of carbonyl (C=O) groups is 1. The summed E-state index contributed by atoms with van der Waals surface area (Å²) >= 11 is 1.30. The number of hydrogen-bond acceptors (Lipinski definition) is 6. The van der Waals surface area contributed by atoms with Gasteiger partial charge in [-0.15, -0.1) is 0 Å². The Morgan fingerprint density at radius 1 is 1.48 bits per heavy atom. The van der Waals surface area contributed by atoms with Crippen molar-refractivity contribution in [3.05, 3.63) is 58.7 Å². The maximum atomic E-state index is 14.7. The number of alkyl halides is 1. The van der Waals surface area contributed by atoms with E-state index in [9.17, 15) is 13.6 Å². The lowest BCUT2D eigenvalue weighted by atomic mass is 9.80. The monoisotopic (exact) mass is 415 g/mol. The summed E-state index contributed by atoms with van der Waals surface area (Å²) in [4.78, 5) is 20.9. The molecule has 0 saturated carbocycles. The van der Waals surface area contributed by atoms with E-state index in [0.717, 1.165) is 0 Å². The van der Waals surface area contributed by atoms with Gasteiger partial charge in [-0.2, -0.15) is 5.26 Å². The fourth-order valence-corrected chi connectivity index (χ4v) is 4.17. The second-order valence-corrected chi connectivity index (χ2v) is 7.91. The van der Waals surface area contributed by atoms with Gasteiger partial charge < -0.3 is 11.1 Å². The number of hydrogen-bond donors (Lipinski definition) is 2. The SMILES string of the molecule is Cc1cc(C#N)cnc1C(=O)Nc1ccc(F)c([C@@]2(CF)N=C(N)SCC2C)c1. The van der Waals surface area contributed by atoms with Crippen molar-refractivity contribution in [2.45, 2.75) is 19.4 Å². The molecule has 0 bridgehead atoms. The van der Waals surface area contributed by atoms with E-state index in [4.69, 9.17) is 11.0 Å². The lowest BCUT2D eigenvalue weighted by molar-refractivity contribution is 0.102. The van der Waals surface area contributed by atoms with Crippen molar-refractivity contribution < 1.29 is 13.6 Å². The van der Waals surface area contributed by atoms with E-state index < -0.39 is 23.9 Å². The first-order valence-corrected chi connectivity index (χ1v) is 9.81. The van der Waals surface area contributed by atoms with Crippen LogP contribution in [0.25, 0.3) is 0 Å². The highest BCUT2D eigenvalue weighted by atomic mass is 32.2. The molecule has 3 rings (SSSR count). The molecule has 150 valence electrons. The van der Waals surface area contributed by atoms with Crippen molar-refractivity contribution in [3.8, 4) is 6.07 Å². The molecule has 0 fully saturated rings. The number of amides is 1. The smallest absolute Gasteiger partial charge is 0.274 e. The molecule has 3 N–H and O–H groups in total. The number of pyridine rings is 1. The molecule has 1 aliphatic rings. The average Bonchev–Trinajstić information content (AvgIpc) is 2.71. The van der Waals surface area contributed by atoms with Gasteiger partial charge in [0.05, 0.1) is 5.56 Å². The van der Waals surface area contributed by atoms with Gasteiger partial charge in [-0.3, -0.25) is 4.79 Å². The van der Waals surface area contributed by atoms with Crippen LogP contribution in [-0.2, 0) is 5.54 Å². The Hall–Kier alpha value is -2.99. The fraction of sp³-hybridized carbons (Fsp3) is 0.300. The van der Waals surface area contributed by atoms with E-state index in [1.165, 1.54) is 36.2 Å². The number of halogens is 2. The number of aliphatic imine (C=N–C) groups is 1. The van der Waals surface area contributed by atoms with Gasteiger partial charge in [0.2, 0.25) is 0 Å². The first-order valence-electron chi connectivity index (χ1n) is 8.83. The Balaban J connectivity index is 1.96. The predicted molar refractivity (Wildman–Crippen MR) is 109 cm³/mol. The molecule has 2 aromatic rings. The van der Waals surface area contributed by atoms with Crippen molar-refractivity contribution in [2.24, 2.45) is 16.6 Å². The molecule has 1 aliphatic heterocycles. The molecule has 1 aromatic heterocycles. The zero-order valence-electron chi connectivity index (χ0n) is 15.9. The van der Waals surface area contributed by atoms with E-state index in [1.54, 1.807) is 19.9 Å². The largest absolute Gasteiger partial charge is 0.379 e. The third-order valence-electron chi connectivity index (χ3n) is 4.92. The third kappa shape index (κ3) is 3.93.